The second-order valence-electron chi connectivity index (χ2n) is 7.57. The van der Waals surface area contributed by atoms with E-state index in [0.29, 0.717) is 28.7 Å². The van der Waals surface area contributed by atoms with E-state index in [1.165, 1.54) is 0 Å². The Labute approximate surface area is 177 Å². The number of carbonyl (C=O) groups is 2. The molecule has 28 heavy (non-hydrogen) atoms. The van der Waals surface area contributed by atoms with Crippen molar-refractivity contribution in [1.82, 2.24) is 0 Å². The number of rotatable bonds is 8. The highest BCUT2D eigenvalue weighted by Gasteiger charge is 2.30. The molecule has 0 saturated carbocycles. The molecule has 156 valence electrons. The van der Waals surface area contributed by atoms with E-state index in [9.17, 15) is 9.59 Å². The molecular weight excluding hydrogens is 396 g/mol. The molecule has 2 atom stereocenters. The predicted molar refractivity (Wildman–Crippen MR) is 117 cm³/mol. The number of carbonyl (C=O) groups excluding carboxylic acids is 2. The fourth-order valence-electron chi connectivity index (χ4n) is 2.33. The van der Waals surface area contributed by atoms with Crippen molar-refractivity contribution in [3.05, 3.63) is 29.3 Å². The number of ketones is 1. The zero-order valence-corrected chi connectivity index (χ0v) is 19.3. The van der Waals surface area contributed by atoms with Crippen molar-refractivity contribution in [3.8, 4) is 5.75 Å². The Balaban J connectivity index is 2.94. The molecule has 1 rings (SSSR count). The van der Waals surface area contributed by atoms with Crippen LogP contribution in [0.4, 0.5) is 0 Å². The van der Waals surface area contributed by atoms with Crippen molar-refractivity contribution in [3.63, 3.8) is 0 Å². The first kappa shape index (κ1) is 24.4. The number of hydrogen-bond donors (Lipinski definition) is 0. The van der Waals surface area contributed by atoms with Gasteiger partial charge in [0.05, 0.1) is 19.1 Å². The lowest BCUT2D eigenvalue weighted by atomic mass is 9.95. The Bertz CT molecular complexity index is 709. The van der Waals surface area contributed by atoms with Gasteiger partial charge in [0.15, 0.2) is 11.2 Å². The van der Waals surface area contributed by atoms with Crippen LogP contribution in [0.3, 0.4) is 0 Å². The van der Waals surface area contributed by atoms with Crippen LogP contribution in [0.25, 0.3) is 0 Å². The molecule has 0 bridgehead atoms. The molecule has 0 aliphatic carbocycles. The summed E-state index contributed by atoms with van der Waals surface area (Å²) in [5, 5.41) is 0. The number of methoxy groups -OCH3 is 1. The maximum Gasteiger partial charge on any atom is 0.312 e. The van der Waals surface area contributed by atoms with Crippen molar-refractivity contribution < 1.29 is 23.8 Å². The second kappa shape index (κ2) is 10.8. The fourth-order valence-corrected chi connectivity index (χ4v) is 3.69. The first-order valence-electron chi connectivity index (χ1n) is 9.22. The molecule has 0 N–H and O–H groups in total. The fraction of sp³-hybridized carbons (Fsp3) is 0.571. The van der Waals surface area contributed by atoms with Crippen LogP contribution in [0.1, 0.15) is 57.0 Å². The van der Waals surface area contributed by atoms with Gasteiger partial charge in [0.2, 0.25) is 4.38 Å². The summed E-state index contributed by atoms with van der Waals surface area (Å²) in [5.74, 6) is -0.0956. The Morgan fingerprint density at radius 2 is 1.89 bits per heavy atom. The van der Waals surface area contributed by atoms with Gasteiger partial charge in [-0.3, -0.25) is 9.59 Å². The van der Waals surface area contributed by atoms with Crippen LogP contribution in [0.2, 0.25) is 0 Å². The van der Waals surface area contributed by atoms with Gasteiger partial charge in [-0.2, -0.15) is 0 Å². The Hall–Kier alpha value is -1.60. The molecule has 0 amide bonds. The molecule has 0 fully saturated rings. The van der Waals surface area contributed by atoms with Crippen LogP contribution in [0.5, 0.6) is 5.75 Å². The lowest BCUT2D eigenvalue weighted by Gasteiger charge is -2.24. The molecule has 5 nitrogen and oxygen atoms in total. The predicted octanol–water partition coefficient (Wildman–Crippen LogP) is 5.18. The van der Waals surface area contributed by atoms with E-state index in [2.05, 4.69) is 0 Å². The normalized spacial score (nSPS) is 13.4. The summed E-state index contributed by atoms with van der Waals surface area (Å²) in [6, 6.07) is 5.38. The maximum atomic E-state index is 12.9. The van der Waals surface area contributed by atoms with Crippen molar-refractivity contribution in [2.24, 2.45) is 11.3 Å². The molecular formula is C21H30O5S2. The van der Waals surface area contributed by atoms with Gasteiger partial charge in [-0.25, -0.2) is 0 Å². The van der Waals surface area contributed by atoms with E-state index in [0.717, 1.165) is 17.3 Å². The molecule has 1 aromatic carbocycles. The number of thioether (sulfide) groups is 1. The smallest absolute Gasteiger partial charge is 0.312 e. The average molecular weight is 427 g/mol. The van der Waals surface area contributed by atoms with E-state index in [1.54, 1.807) is 40.0 Å². The number of aryl methyl sites for hydroxylation is 1. The summed E-state index contributed by atoms with van der Waals surface area (Å²) >= 11 is 6.34. The molecule has 0 heterocycles. The zero-order chi connectivity index (χ0) is 21.5. The third-order valence-electron chi connectivity index (χ3n) is 4.03. The van der Waals surface area contributed by atoms with Gasteiger partial charge in [-0.05, 0) is 70.2 Å². The van der Waals surface area contributed by atoms with E-state index in [4.69, 9.17) is 26.4 Å². The monoisotopic (exact) mass is 426 g/mol. The second-order valence-corrected chi connectivity index (χ2v) is 9.33. The van der Waals surface area contributed by atoms with Gasteiger partial charge in [0, 0.05) is 17.9 Å². The standard InChI is InChI=1S/C21H30O5S2/c1-8-25-20(27)28-17(26-19(23)21(4,5)6)11-14(3)18(22)15-10-9-13(2)16(12-15)24-7/h9-10,12,14,17H,8,11H2,1-7H3. The molecule has 0 aromatic heterocycles. The molecule has 0 spiro atoms. The molecule has 2 unspecified atom stereocenters. The molecule has 0 aliphatic rings. The number of ether oxygens (including phenoxy) is 3. The Morgan fingerprint density at radius 1 is 1.25 bits per heavy atom. The zero-order valence-electron chi connectivity index (χ0n) is 17.7. The van der Waals surface area contributed by atoms with Gasteiger partial charge >= 0.3 is 5.97 Å². The van der Waals surface area contributed by atoms with Gasteiger partial charge in [-0.1, -0.05) is 19.1 Å². The van der Waals surface area contributed by atoms with Crippen molar-refractivity contribution in [1.29, 1.82) is 0 Å². The first-order valence-corrected chi connectivity index (χ1v) is 10.5. The van der Waals surface area contributed by atoms with E-state index in [1.807, 2.05) is 26.8 Å². The van der Waals surface area contributed by atoms with Crippen LogP contribution in [-0.4, -0.2) is 35.3 Å². The van der Waals surface area contributed by atoms with Gasteiger partial charge in [-0.15, -0.1) is 0 Å². The SMILES string of the molecule is CCOC(=S)SC(CC(C)C(=O)c1ccc(C)c(OC)c1)OC(=O)C(C)(C)C. The minimum absolute atomic E-state index is 0.0435. The number of benzene rings is 1. The molecule has 0 radical (unpaired) electrons. The molecule has 7 heteroatoms. The van der Waals surface area contributed by atoms with E-state index >= 15 is 0 Å². The van der Waals surface area contributed by atoms with Crippen LogP contribution < -0.4 is 4.74 Å². The summed E-state index contributed by atoms with van der Waals surface area (Å²) < 4.78 is 16.5. The highest BCUT2D eigenvalue weighted by Crippen LogP contribution is 2.29. The van der Waals surface area contributed by atoms with Gasteiger partial charge < -0.3 is 14.2 Å². The number of Topliss-reactive ketones (excluding diaryl/α,β-unsaturated/α-hetero) is 1. The first-order chi connectivity index (χ1) is 13.0. The van der Waals surface area contributed by atoms with Crippen LogP contribution in [0, 0.1) is 18.3 Å². The Morgan fingerprint density at radius 3 is 2.43 bits per heavy atom. The minimum atomic E-state index is -0.649. The lowest BCUT2D eigenvalue weighted by Crippen LogP contribution is -2.29. The highest BCUT2D eigenvalue weighted by molar-refractivity contribution is 8.22. The van der Waals surface area contributed by atoms with Crippen LogP contribution in [-0.2, 0) is 14.3 Å². The van der Waals surface area contributed by atoms with Crippen LogP contribution >= 0.6 is 24.0 Å². The van der Waals surface area contributed by atoms with Crippen molar-refractivity contribution in [2.75, 3.05) is 13.7 Å². The van der Waals surface area contributed by atoms with Crippen LogP contribution in [0.15, 0.2) is 18.2 Å². The van der Waals surface area contributed by atoms with Gasteiger partial charge in [0.1, 0.15) is 5.75 Å². The summed E-state index contributed by atoms with van der Waals surface area (Å²) in [6.07, 6.45) is 0.328. The topological polar surface area (TPSA) is 61.8 Å². The highest BCUT2D eigenvalue weighted by atomic mass is 32.2. The van der Waals surface area contributed by atoms with Gasteiger partial charge in [0.25, 0.3) is 0 Å². The third-order valence-corrected chi connectivity index (χ3v) is 5.30. The number of hydrogen-bond acceptors (Lipinski definition) is 7. The van der Waals surface area contributed by atoms with Crippen molar-refractivity contribution in [2.45, 2.75) is 53.4 Å². The maximum absolute atomic E-state index is 12.9. The summed E-state index contributed by atoms with van der Waals surface area (Å²) in [6.45, 7) is 11.4. The summed E-state index contributed by atoms with van der Waals surface area (Å²) in [7, 11) is 1.58. The molecule has 0 saturated heterocycles. The number of esters is 1. The van der Waals surface area contributed by atoms with E-state index < -0.39 is 10.9 Å². The summed E-state index contributed by atoms with van der Waals surface area (Å²) in [5.41, 5.74) is 0.274. The quantitative estimate of drug-likeness (QED) is 0.245. The van der Waals surface area contributed by atoms with Crippen molar-refractivity contribution >= 4 is 40.1 Å². The third kappa shape index (κ3) is 7.43. The largest absolute Gasteiger partial charge is 0.496 e. The number of thiocarbonyl (C=S) groups is 1. The molecule has 0 aliphatic heterocycles. The lowest BCUT2D eigenvalue weighted by molar-refractivity contribution is -0.154. The summed E-state index contributed by atoms with van der Waals surface area (Å²) in [4.78, 5) is 25.2. The molecule has 1 aromatic rings. The Kier molecular flexibility index (Phi) is 9.44. The average Bonchev–Trinajstić information content (AvgIpc) is 2.60. The van der Waals surface area contributed by atoms with E-state index in [-0.39, 0.29) is 17.7 Å². The minimum Gasteiger partial charge on any atom is -0.496 e.